The van der Waals surface area contributed by atoms with E-state index in [9.17, 15) is 21.6 Å². The van der Waals surface area contributed by atoms with E-state index >= 15 is 0 Å². The van der Waals surface area contributed by atoms with E-state index in [1.807, 2.05) is 26.8 Å². The summed E-state index contributed by atoms with van der Waals surface area (Å²) in [5.74, 6) is 0.0689. The van der Waals surface area contributed by atoms with E-state index in [0.717, 1.165) is 21.7 Å². The molecular weight excluding hydrogens is 514 g/mol. The highest BCUT2D eigenvalue weighted by atomic mass is 32.2. The van der Waals surface area contributed by atoms with Crippen LogP contribution in [0.4, 0.5) is 17.1 Å². The van der Waals surface area contributed by atoms with Crippen LogP contribution >= 0.6 is 0 Å². The molecule has 0 fully saturated rings. The first kappa shape index (κ1) is 28.0. The van der Waals surface area contributed by atoms with Crippen LogP contribution in [0.2, 0.25) is 0 Å². The molecule has 2 N–H and O–H groups in total. The molecule has 0 heterocycles. The van der Waals surface area contributed by atoms with E-state index in [1.165, 1.54) is 31.2 Å². The first-order chi connectivity index (χ1) is 17.3. The van der Waals surface area contributed by atoms with Gasteiger partial charge in [-0.05, 0) is 99.5 Å². The summed E-state index contributed by atoms with van der Waals surface area (Å²) in [6.45, 7) is 7.55. The van der Waals surface area contributed by atoms with Crippen LogP contribution in [0.25, 0.3) is 0 Å². The summed E-state index contributed by atoms with van der Waals surface area (Å²) in [5, 5.41) is 2.67. The predicted molar refractivity (Wildman–Crippen MR) is 146 cm³/mol. The third kappa shape index (κ3) is 7.23. The average molecular weight is 546 g/mol. The van der Waals surface area contributed by atoms with Crippen molar-refractivity contribution in [3.05, 3.63) is 77.9 Å². The molecule has 3 rings (SSSR count). The zero-order valence-electron chi connectivity index (χ0n) is 21.3. The molecule has 1 atom stereocenters. The Bertz CT molecular complexity index is 1450. The Hall–Kier alpha value is -3.57. The average Bonchev–Trinajstić information content (AvgIpc) is 2.79. The van der Waals surface area contributed by atoms with Crippen molar-refractivity contribution in [3.8, 4) is 5.75 Å². The highest BCUT2D eigenvalue weighted by molar-refractivity contribution is 7.92. The number of hydrogen-bond acceptors (Lipinski definition) is 6. The summed E-state index contributed by atoms with van der Waals surface area (Å²) in [4.78, 5) is 13.0. The van der Waals surface area contributed by atoms with Gasteiger partial charge in [-0.25, -0.2) is 16.8 Å². The zero-order valence-corrected chi connectivity index (χ0v) is 23.0. The number of carbonyl (C=O) groups excluding carboxylic acids is 1. The minimum Gasteiger partial charge on any atom is -0.494 e. The number of nitrogens with zero attached hydrogens (tertiary/aromatic N) is 1. The molecule has 0 saturated carbocycles. The lowest BCUT2D eigenvalue weighted by atomic mass is 10.1. The Morgan fingerprint density at radius 1 is 0.892 bits per heavy atom. The van der Waals surface area contributed by atoms with Gasteiger partial charge in [-0.1, -0.05) is 6.07 Å². The number of aryl methyl sites for hydroxylation is 2. The van der Waals surface area contributed by atoms with Gasteiger partial charge < -0.3 is 10.1 Å². The Balaban J connectivity index is 1.75. The highest BCUT2D eigenvalue weighted by Crippen LogP contribution is 2.25. The quantitative estimate of drug-likeness (QED) is 0.392. The fourth-order valence-electron chi connectivity index (χ4n) is 3.85. The number of carbonyl (C=O) groups is 1. The Labute approximate surface area is 218 Å². The SMILES string of the molecule is CCOc1ccc(NS(=O)(=O)c2ccc(NC(=O)[C@@H](C)N(c3cc(C)cc(C)c3)S(C)(=O)=O)cc2)cc1. The fourth-order valence-corrected chi connectivity index (χ4v) is 6.07. The monoisotopic (exact) mass is 545 g/mol. The Morgan fingerprint density at radius 3 is 1.95 bits per heavy atom. The van der Waals surface area contributed by atoms with Crippen molar-refractivity contribution in [3.63, 3.8) is 0 Å². The topological polar surface area (TPSA) is 122 Å². The van der Waals surface area contributed by atoms with Crippen molar-refractivity contribution >= 4 is 43.0 Å². The largest absolute Gasteiger partial charge is 0.494 e. The molecule has 0 aromatic heterocycles. The summed E-state index contributed by atoms with van der Waals surface area (Å²) < 4.78 is 59.6. The summed E-state index contributed by atoms with van der Waals surface area (Å²) >= 11 is 0. The van der Waals surface area contributed by atoms with Crippen molar-refractivity contribution in [1.29, 1.82) is 0 Å². The van der Waals surface area contributed by atoms with Crippen molar-refractivity contribution in [2.75, 3.05) is 27.2 Å². The Morgan fingerprint density at radius 2 is 1.43 bits per heavy atom. The molecule has 9 nitrogen and oxygen atoms in total. The summed E-state index contributed by atoms with van der Waals surface area (Å²) in [6, 6.07) is 16.4. The normalized spacial score (nSPS) is 12.5. The van der Waals surface area contributed by atoms with Gasteiger partial charge in [-0.3, -0.25) is 13.8 Å². The van der Waals surface area contributed by atoms with E-state index in [1.54, 1.807) is 36.4 Å². The first-order valence-electron chi connectivity index (χ1n) is 11.5. The van der Waals surface area contributed by atoms with Crippen LogP contribution in [-0.2, 0) is 24.8 Å². The molecule has 0 radical (unpaired) electrons. The molecule has 11 heteroatoms. The lowest BCUT2D eigenvalue weighted by Gasteiger charge is -2.28. The molecule has 0 aliphatic heterocycles. The number of amides is 1. The standard InChI is InChI=1S/C26H31N3O6S2/c1-6-35-24-11-7-22(8-12-24)28-37(33,34)25-13-9-21(10-14-25)27-26(30)20(4)29(36(5,31)32)23-16-18(2)15-19(3)17-23/h7-17,20,28H,6H2,1-5H3,(H,27,30)/t20-/m1/s1. The molecule has 0 aliphatic rings. The molecule has 0 bridgehead atoms. The molecule has 0 unspecified atom stereocenters. The van der Waals surface area contributed by atoms with E-state index in [0.29, 0.717) is 29.4 Å². The minimum atomic E-state index is -3.87. The zero-order chi connectivity index (χ0) is 27.4. The number of benzene rings is 3. The maximum absolute atomic E-state index is 13.0. The van der Waals surface area contributed by atoms with Gasteiger partial charge in [0.15, 0.2) is 0 Å². The van der Waals surface area contributed by atoms with Crippen molar-refractivity contribution < 1.29 is 26.4 Å². The molecule has 3 aromatic carbocycles. The maximum atomic E-state index is 13.0. The van der Waals surface area contributed by atoms with E-state index in [2.05, 4.69) is 10.0 Å². The summed E-state index contributed by atoms with van der Waals surface area (Å²) in [7, 11) is -7.64. The third-order valence-corrected chi connectivity index (χ3v) is 8.04. The molecule has 3 aromatic rings. The number of sulfonamides is 2. The van der Waals surface area contributed by atoms with E-state index < -0.39 is 32.0 Å². The second-order valence-corrected chi connectivity index (χ2v) is 12.2. The van der Waals surface area contributed by atoms with Gasteiger partial charge in [0.05, 0.1) is 23.4 Å². The number of anilines is 3. The highest BCUT2D eigenvalue weighted by Gasteiger charge is 2.29. The number of ether oxygens (including phenoxy) is 1. The second kappa shape index (κ2) is 11.2. The van der Waals surface area contributed by atoms with Crippen LogP contribution in [-0.4, -0.2) is 41.6 Å². The van der Waals surface area contributed by atoms with Crippen LogP contribution in [0.15, 0.2) is 71.6 Å². The predicted octanol–water partition coefficient (Wildman–Crippen LogP) is 4.30. The van der Waals surface area contributed by atoms with Gasteiger partial charge in [-0.2, -0.15) is 0 Å². The van der Waals surface area contributed by atoms with Gasteiger partial charge >= 0.3 is 0 Å². The molecule has 1 amide bonds. The molecule has 0 spiro atoms. The van der Waals surface area contributed by atoms with Crippen LogP contribution in [0.1, 0.15) is 25.0 Å². The number of rotatable bonds is 10. The number of nitrogens with one attached hydrogen (secondary N) is 2. The molecule has 198 valence electrons. The van der Waals surface area contributed by atoms with Gasteiger partial charge in [0.25, 0.3) is 10.0 Å². The molecular formula is C26H31N3O6S2. The van der Waals surface area contributed by atoms with E-state index in [4.69, 9.17) is 4.74 Å². The summed E-state index contributed by atoms with van der Waals surface area (Å²) in [5.41, 5.74) is 2.83. The van der Waals surface area contributed by atoms with Crippen molar-refractivity contribution in [1.82, 2.24) is 0 Å². The maximum Gasteiger partial charge on any atom is 0.261 e. The van der Waals surface area contributed by atoms with E-state index in [-0.39, 0.29) is 4.90 Å². The first-order valence-corrected chi connectivity index (χ1v) is 14.9. The minimum absolute atomic E-state index is 0.000399. The summed E-state index contributed by atoms with van der Waals surface area (Å²) in [6.07, 6.45) is 1.05. The van der Waals surface area contributed by atoms with Crippen LogP contribution in [0, 0.1) is 13.8 Å². The van der Waals surface area contributed by atoms with Crippen molar-refractivity contribution in [2.45, 2.75) is 38.6 Å². The lowest BCUT2D eigenvalue weighted by Crippen LogP contribution is -2.45. The number of hydrogen-bond donors (Lipinski definition) is 2. The smallest absolute Gasteiger partial charge is 0.261 e. The third-order valence-electron chi connectivity index (χ3n) is 5.40. The fraction of sp³-hybridized carbons (Fsp3) is 0.269. The van der Waals surface area contributed by atoms with Gasteiger partial charge in [0.1, 0.15) is 11.8 Å². The Kier molecular flexibility index (Phi) is 8.49. The molecule has 37 heavy (non-hydrogen) atoms. The van der Waals surface area contributed by atoms with Crippen LogP contribution in [0.5, 0.6) is 5.75 Å². The van der Waals surface area contributed by atoms with Gasteiger partial charge in [-0.15, -0.1) is 0 Å². The van der Waals surface area contributed by atoms with Gasteiger partial charge in [0.2, 0.25) is 15.9 Å². The molecule has 0 saturated heterocycles. The molecule has 0 aliphatic carbocycles. The van der Waals surface area contributed by atoms with Gasteiger partial charge in [0, 0.05) is 11.4 Å². The van der Waals surface area contributed by atoms with Crippen LogP contribution in [0.3, 0.4) is 0 Å². The lowest BCUT2D eigenvalue weighted by molar-refractivity contribution is -0.116. The van der Waals surface area contributed by atoms with Crippen molar-refractivity contribution in [2.24, 2.45) is 0 Å². The second-order valence-electron chi connectivity index (χ2n) is 8.66. The van der Waals surface area contributed by atoms with Crippen LogP contribution < -0.4 is 19.1 Å².